The van der Waals surface area contributed by atoms with Crippen LogP contribution in [0.4, 0.5) is 5.69 Å². The lowest BCUT2D eigenvalue weighted by Gasteiger charge is -2.22. The lowest BCUT2D eigenvalue weighted by molar-refractivity contribution is -0.141. The average molecular weight is 1040 g/mol. The summed E-state index contributed by atoms with van der Waals surface area (Å²) in [5.74, 6) is -0.871. The number of aliphatic imine (C=N–C) groups is 1. The Morgan fingerprint density at radius 3 is 1.51 bits per heavy atom. The summed E-state index contributed by atoms with van der Waals surface area (Å²) in [4.78, 5) is 81.1. The quantitative estimate of drug-likeness (QED) is 0.0621. The van der Waals surface area contributed by atoms with E-state index < -0.39 is 17.7 Å². The molecule has 4 N–H and O–H groups in total. The van der Waals surface area contributed by atoms with Crippen molar-refractivity contribution in [1.29, 1.82) is 0 Å². The molecule has 0 radical (unpaired) electrons. The molecule has 0 bridgehead atoms. The second-order valence-electron chi connectivity index (χ2n) is 16.4. The fourth-order valence-corrected chi connectivity index (χ4v) is 6.78. The van der Waals surface area contributed by atoms with Crippen LogP contribution in [0.25, 0.3) is 17.2 Å². The van der Waals surface area contributed by atoms with E-state index >= 15 is 0 Å². The van der Waals surface area contributed by atoms with Crippen molar-refractivity contribution in [2.45, 2.75) is 46.1 Å². The van der Waals surface area contributed by atoms with E-state index in [2.05, 4.69) is 30.6 Å². The molecular weight excluding hydrogens is 967 g/mol. The average Bonchev–Trinajstić information content (AvgIpc) is 3.60. The smallest absolute Gasteiger partial charge is 0.254 e. The third-order valence-corrected chi connectivity index (χ3v) is 10.5. The van der Waals surface area contributed by atoms with Gasteiger partial charge in [-0.2, -0.15) is 0 Å². The molecule has 0 fully saturated rings. The highest BCUT2D eigenvalue weighted by atomic mass is 16.6. The monoisotopic (exact) mass is 1040 g/mol. The van der Waals surface area contributed by atoms with E-state index in [-0.39, 0.29) is 57.5 Å². The van der Waals surface area contributed by atoms with Gasteiger partial charge in [0.1, 0.15) is 18.2 Å². The predicted octanol–water partition coefficient (Wildman–Crippen LogP) is 1.18. The Hall–Kier alpha value is -5.67. The van der Waals surface area contributed by atoms with Gasteiger partial charge >= 0.3 is 0 Å². The van der Waals surface area contributed by atoms with Crippen LogP contribution in [0, 0.1) is 0 Å². The van der Waals surface area contributed by atoms with E-state index in [1.54, 1.807) is 24.7 Å². The van der Waals surface area contributed by atoms with Gasteiger partial charge in [0, 0.05) is 79.9 Å². The van der Waals surface area contributed by atoms with Gasteiger partial charge in [0.25, 0.3) is 11.8 Å². The van der Waals surface area contributed by atoms with Crippen molar-refractivity contribution in [2.75, 3.05) is 158 Å². The number of nitrogens with one attached hydrogen (secondary N) is 2. The number of pyridine rings is 1. The van der Waals surface area contributed by atoms with Crippen LogP contribution in [0.5, 0.6) is 0 Å². The number of hydrogen-bond acceptors (Lipinski definition) is 20. The van der Waals surface area contributed by atoms with Crippen molar-refractivity contribution in [3.05, 3.63) is 53.9 Å². The van der Waals surface area contributed by atoms with E-state index in [4.69, 9.17) is 53.1 Å². The first-order valence-corrected chi connectivity index (χ1v) is 25.2. The predicted molar refractivity (Wildman–Crippen MR) is 270 cm³/mol. The maximum absolute atomic E-state index is 13.3. The van der Waals surface area contributed by atoms with Crippen molar-refractivity contribution < 1.29 is 71.3 Å². The molecule has 4 heterocycles. The van der Waals surface area contributed by atoms with Gasteiger partial charge in [0.05, 0.1) is 150 Å². The summed E-state index contributed by atoms with van der Waals surface area (Å²) in [6, 6.07) is 1.85. The Kier molecular flexibility index (Phi) is 31.2. The molecule has 410 valence electrons. The molecule has 5 amide bonds. The third kappa shape index (κ3) is 25.5. The van der Waals surface area contributed by atoms with Gasteiger partial charge in [-0.15, -0.1) is 0 Å². The van der Waals surface area contributed by atoms with Gasteiger partial charge in [0.2, 0.25) is 17.7 Å². The molecule has 2 aromatic rings. The molecule has 0 atom stereocenters. The number of aromatic nitrogens is 3. The highest BCUT2D eigenvalue weighted by Crippen LogP contribution is 2.30. The molecule has 4 rings (SSSR count). The molecule has 0 unspecified atom stereocenters. The molecule has 74 heavy (non-hydrogen) atoms. The molecule has 24 heteroatoms. The van der Waals surface area contributed by atoms with Crippen LogP contribution in [-0.4, -0.2) is 218 Å². The Bertz CT molecular complexity index is 2050. The SMILES string of the molecule is CCCN(CCC)C(=O)C1=Cc2ncc(-c3cnc(CNC(=O)CCOCCOCCOCCOCCOCCOCCOCCOCCOCCOCCNC(=O)CN4C(=O)C=CC4=O)nc3)cc2N=C(N)C1. The Balaban J connectivity index is 0.848. The first kappa shape index (κ1) is 60.9. The Morgan fingerprint density at radius 1 is 0.595 bits per heavy atom. The van der Waals surface area contributed by atoms with Crippen LogP contribution >= 0.6 is 0 Å². The molecule has 0 saturated carbocycles. The van der Waals surface area contributed by atoms with E-state index in [0.717, 1.165) is 41.0 Å². The maximum atomic E-state index is 13.3. The van der Waals surface area contributed by atoms with Crippen LogP contribution < -0.4 is 16.4 Å². The summed E-state index contributed by atoms with van der Waals surface area (Å²) in [5.41, 5.74) is 9.40. The van der Waals surface area contributed by atoms with E-state index in [1.165, 1.54) is 0 Å². The number of ether oxygens (including phenoxy) is 10. The Labute approximate surface area is 433 Å². The molecule has 24 nitrogen and oxygen atoms in total. The van der Waals surface area contributed by atoms with E-state index in [9.17, 15) is 24.0 Å². The van der Waals surface area contributed by atoms with Gasteiger partial charge in [-0.1, -0.05) is 13.8 Å². The van der Waals surface area contributed by atoms with Crippen LogP contribution in [-0.2, 0) is 77.9 Å². The van der Waals surface area contributed by atoms with Crippen LogP contribution in [0.2, 0.25) is 0 Å². The number of rotatable bonds is 43. The van der Waals surface area contributed by atoms with Gasteiger partial charge < -0.3 is 68.6 Å². The van der Waals surface area contributed by atoms with Crippen LogP contribution in [0.3, 0.4) is 0 Å². The second kappa shape index (κ2) is 38.0. The second-order valence-corrected chi connectivity index (χ2v) is 16.4. The topological polar surface area (TPSA) is 285 Å². The fraction of sp³-hybridized carbons (Fsp3) is 0.620. The zero-order valence-corrected chi connectivity index (χ0v) is 42.9. The van der Waals surface area contributed by atoms with Crippen LogP contribution in [0.15, 0.2) is 47.4 Å². The summed E-state index contributed by atoms with van der Waals surface area (Å²) in [6.07, 6.45) is 11.2. The summed E-state index contributed by atoms with van der Waals surface area (Å²) in [5, 5.41) is 5.40. The first-order valence-electron chi connectivity index (χ1n) is 25.2. The maximum Gasteiger partial charge on any atom is 0.254 e. The number of hydrogen-bond donors (Lipinski definition) is 3. The summed E-state index contributed by atoms with van der Waals surface area (Å²) in [6.45, 7) is 13.6. The Morgan fingerprint density at radius 2 is 1.04 bits per heavy atom. The number of amidine groups is 1. The number of carbonyl (C=O) groups is 5. The molecule has 2 aromatic heterocycles. The molecule has 0 aliphatic carbocycles. The van der Waals surface area contributed by atoms with E-state index in [0.29, 0.717) is 161 Å². The third-order valence-electron chi connectivity index (χ3n) is 10.5. The zero-order chi connectivity index (χ0) is 52.9. The summed E-state index contributed by atoms with van der Waals surface area (Å²) < 4.78 is 54.8. The number of amides is 5. The highest BCUT2D eigenvalue weighted by molar-refractivity contribution is 6.14. The first-order chi connectivity index (χ1) is 36.2. The van der Waals surface area contributed by atoms with Gasteiger partial charge in [0.15, 0.2) is 0 Å². The molecule has 2 aliphatic heterocycles. The molecular formula is C50H75N9O15. The number of carbonyl (C=O) groups excluding carboxylic acids is 5. The number of nitrogens with zero attached hydrogens (tertiary/aromatic N) is 6. The highest BCUT2D eigenvalue weighted by Gasteiger charge is 2.25. The summed E-state index contributed by atoms with van der Waals surface area (Å²) >= 11 is 0. The van der Waals surface area contributed by atoms with Gasteiger partial charge in [-0.05, 0) is 25.0 Å². The lowest BCUT2D eigenvalue weighted by atomic mass is 10.1. The van der Waals surface area contributed by atoms with Crippen molar-refractivity contribution in [1.82, 2.24) is 35.4 Å². The van der Waals surface area contributed by atoms with Crippen molar-refractivity contribution >= 4 is 47.1 Å². The largest absolute Gasteiger partial charge is 0.387 e. The lowest BCUT2D eigenvalue weighted by Crippen LogP contribution is -2.41. The molecule has 0 aromatic carbocycles. The minimum atomic E-state index is -0.499. The minimum Gasteiger partial charge on any atom is -0.387 e. The molecule has 2 aliphatic rings. The van der Waals surface area contributed by atoms with Crippen molar-refractivity contribution in [2.24, 2.45) is 10.7 Å². The van der Waals surface area contributed by atoms with Gasteiger partial charge in [-0.25, -0.2) is 15.0 Å². The normalized spacial score (nSPS) is 13.2. The minimum absolute atomic E-state index is 0.0454. The van der Waals surface area contributed by atoms with Gasteiger partial charge in [-0.3, -0.25) is 33.9 Å². The molecule has 0 saturated heterocycles. The molecule has 0 spiro atoms. The zero-order valence-electron chi connectivity index (χ0n) is 42.9. The van der Waals surface area contributed by atoms with E-state index in [1.807, 2.05) is 24.8 Å². The number of imide groups is 1. The standard InChI is InChI=1S/C50H75N9O15/c1-3-9-58(10-4-2)50(64)39-31-42-43(57-44(51)33-39)32-40(34-53-42)41-35-54-45(55-36-41)37-56-46(60)7-11-65-13-15-67-17-19-69-21-23-71-25-27-73-29-30-74-28-26-72-24-22-70-20-18-68-16-14-66-12-8-52-47(61)38-59-48(62)5-6-49(59)63/h5-6,31-32,34-36H,3-4,7-30,33,37-38H2,1-2H3,(H2,51,57)(H,52,61)(H,56,60). The van der Waals surface area contributed by atoms with Crippen molar-refractivity contribution in [3.63, 3.8) is 0 Å². The number of fused-ring (bicyclic) bond motifs is 1. The van der Waals surface area contributed by atoms with Crippen molar-refractivity contribution in [3.8, 4) is 11.1 Å². The summed E-state index contributed by atoms with van der Waals surface area (Å²) in [7, 11) is 0. The number of nitrogens with two attached hydrogens (primary N) is 1. The van der Waals surface area contributed by atoms with Crippen LogP contribution in [0.1, 0.15) is 51.0 Å². The fourth-order valence-electron chi connectivity index (χ4n) is 6.78.